The molecule has 1 aromatic rings. The predicted molar refractivity (Wildman–Crippen MR) is 84.5 cm³/mol. The van der Waals surface area contributed by atoms with Crippen LogP contribution in [-0.4, -0.2) is 19.6 Å². The fraction of sp³-hybridized carbons (Fsp3) is 0.333. The van der Waals surface area contributed by atoms with Crippen molar-refractivity contribution in [3.63, 3.8) is 0 Å². The maximum atomic E-state index is 3.94. The summed E-state index contributed by atoms with van der Waals surface area (Å²) in [5, 5.41) is 2.12. The van der Waals surface area contributed by atoms with Gasteiger partial charge in [-0.1, -0.05) is 49.5 Å². The summed E-state index contributed by atoms with van der Waals surface area (Å²) in [7, 11) is -1.16. The van der Waals surface area contributed by atoms with E-state index in [0.717, 1.165) is 12.2 Å². The molecule has 0 radical (unpaired) electrons. The molecule has 1 heterocycles. The van der Waals surface area contributed by atoms with Gasteiger partial charge < -0.3 is 5.43 Å². The molecule has 102 valence electrons. The smallest absolute Gasteiger partial charge is 0.0751 e. The van der Waals surface area contributed by atoms with E-state index in [2.05, 4.69) is 71.8 Å². The number of rotatable bonds is 6. The molecule has 0 amide bonds. The van der Waals surface area contributed by atoms with Gasteiger partial charge in [-0.15, -0.1) is 17.8 Å². The number of nitrogens with one attached hydrogen (secondary N) is 2. The standard InChI is InChI=1S/C15H23N3Si/c1-4-19(2,3)12-8-11-18-13-15(16-17-18)14-9-6-5-7-10-14/h4-7,9-10,13,16-17H,1,8,11-12H2,2-3H3. The average Bonchev–Trinajstić information content (AvgIpc) is 2.88. The van der Waals surface area contributed by atoms with E-state index in [9.17, 15) is 0 Å². The number of hydrazine groups is 2. The molecular weight excluding hydrogens is 250 g/mol. The molecule has 2 rings (SSSR count). The Balaban J connectivity index is 1.85. The van der Waals surface area contributed by atoms with Crippen molar-refractivity contribution in [2.24, 2.45) is 0 Å². The van der Waals surface area contributed by atoms with Crippen molar-refractivity contribution in [2.75, 3.05) is 6.54 Å². The molecule has 0 saturated carbocycles. The number of nitrogens with zero attached hydrogens (tertiary/aromatic N) is 1. The second-order valence-electron chi connectivity index (χ2n) is 5.64. The molecule has 2 N–H and O–H groups in total. The summed E-state index contributed by atoms with van der Waals surface area (Å²) >= 11 is 0. The van der Waals surface area contributed by atoms with Gasteiger partial charge in [0.2, 0.25) is 0 Å². The summed E-state index contributed by atoms with van der Waals surface area (Å²) in [5.74, 6) is 0. The zero-order valence-electron chi connectivity index (χ0n) is 11.8. The highest BCUT2D eigenvalue weighted by Crippen LogP contribution is 2.16. The van der Waals surface area contributed by atoms with Gasteiger partial charge >= 0.3 is 0 Å². The number of hydrogen-bond acceptors (Lipinski definition) is 3. The fourth-order valence-corrected chi connectivity index (χ4v) is 3.32. The van der Waals surface area contributed by atoms with E-state index in [1.54, 1.807) is 0 Å². The first-order valence-corrected chi connectivity index (χ1v) is 10.1. The first-order chi connectivity index (χ1) is 9.11. The van der Waals surface area contributed by atoms with Crippen molar-refractivity contribution in [3.05, 3.63) is 54.4 Å². The molecule has 19 heavy (non-hydrogen) atoms. The van der Waals surface area contributed by atoms with Crippen molar-refractivity contribution in [3.8, 4) is 0 Å². The minimum absolute atomic E-state index is 1.02. The van der Waals surface area contributed by atoms with Crippen LogP contribution in [0, 0.1) is 0 Å². The van der Waals surface area contributed by atoms with Crippen LogP contribution in [0.5, 0.6) is 0 Å². The van der Waals surface area contributed by atoms with Crippen molar-refractivity contribution in [2.45, 2.75) is 25.6 Å². The molecule has 0 fully saturated rings. The molecule has 0 atom stereocenters. The van der Waals surface area contributed by atoms with E-state index in [0.29, 0.717) is 0 Å². The largest absolute Gasteiger partial charge is 0.302 e. The van der Waals surface area contributed by atoms with Gasteiger partial charge in [0.15, 0.2) is 0 Å². The predicted octanol–water partition coefficient (Wildman–Crippen LogP) is 3.13. The van der Waals surface area contributed by atoms with Crippen LogP contribution in [0.1, 0.15) is 12.0 Å². The second kappa shape index (κ2) is 6.08. The van der Waals surface area contributed by atoms with Crippen LogP contribution in [0.25, 0.3) is 5.70 Å². The van der Waals surface area contributed by atoms with Crippen LogP contribution in [-0.2, 0) is 0 Å². The number of hydrogen-bond donors (Lipinski definition) is 2. The Hall–Kier alpha value is -1.52. The summed E-state index contributed by atoms with van der Waals surface area (Å²) < 4.78 is 0. The Morgan fingerprint density at radius 1 is 1.26 bits per heavy atom. The van der Waals surface area contributed by atoms with E-state index in [-0.39, 0.29) is 0 Å². The van der Waals surface area contributed by atoms with Crippen LogP contribution in [0.3, 0.4) is 0 Å². The van der Waals surface area contributed by atoms with Crippen molar-refractivity contribution >= 4 is 13.8 Å². The van der Waals surface area contributed by atoms with Crippen molar-refractivity contribution in [1.82, 2.24) is 16.0 Å². The van der Waals surface area contributed by atoms with Crippen LogP contribution >= 0.6 is 0 Å². The highest BCUT2D eigenvalue weighted by Gasteiger charge is 2.17. The monoisotopic (exact) mass is 273 g/mol. The summed E-state index contributed by atoms with van der Waals surface area (Å²) in [6, 6.07) is 11.6. The Labute approximate surface area is 117 Å². The Kier molecular flexibility index (Phi) is 4.45. The maximum absolute atomic E-state index is 3.94. The molecule has 0 bridgehead atoms. The summed E-state index contributed by atoms with van der Waals surface area (Å²) in [4.78, 5) is 0. The Morgan fingerprint density at radius 2 is 2.00 bits per heavy atom. The van der Waals surface area contributed by atoms with Crippen LogP contribution in [0.2, 0.25) is 19.1 Å². The molecule has 1 aliphatic heterocycles. The Bertz CT molecular complexity index is 454. The minimum Gasteiger partial charge on any atom is -0.302 e. The highest BCUT2D eigenvalue weighted by atomic mass is 28.3. The van der Waals surface area contributed by atoms with E-state index < -0.39 is 8.07 Å². The van der Waals surface area contributed by atoms with Gasteiger partial charge in [-0.25, -0.2) is 0 Å². The first kappa shape index (κ1) is 13.9. The lowest BCUT2D eigenvalue weighted by atomic mass is 10.2. The summed E-state index contributed by atoms with van der Waals surface area (Å²) in [6.07, 6.45) is 3.33. The summed E-state index contributed by atoms with van der Waals surface area (Å²) in [6.45, 7) is 9.69. The highest BCUT2D eigenvalue weighted by molar-refractivity contribution is 6.82. The normalized spacial score (nSPS) is 15.1. The molecule has 0 saturated heterocycles. The molecule has 1 aromatic carbocycles. The van der Waals surface area contributed by atoms with E-state index in [1.807, 2.05) is 6.07 Å². The lowest BCUT2D eigenvalue weighted by Gasteiger charge is -2.20. The first-order valence-electron chi connectivity index (χ1n) is 6.80. The third-order valence-corrected chi connectivity index (χ3v) is 6.22. The van der Waals surface area contributed by atoms with E-state index in [4.69, 9.17) is 0 Å². The van der Waals surface area contributed by atoms with Gasteiger partial charge in [0.05, 0.1) is 13.8 Å². The van der Waals surface area contributed by atoms with Crippen LogP contribution < -0.4 is 11.0 Å². The molecule has 0 unspecified atom stereocenters. The lowest BCUT2D eigenvalue weighted by molar-refractivity contribution is 0.273. The van der Waals surface area contributed by atoms with Gasteiger partial charge in [0.1, 0.15) is 0 Å². The average molecular weight is 273 g/mol. The van der Waals surface area contributed by atoms with Crippen molar-refractivity contribution < 1.29 is 0 Å². The van der Waals surface area contributed by atoms with Gasteiger partial charge in [-0.2, -0.15) is 0 Å². The maximum Gasteiger partial charge on any atom is 0.0751 e. The van der Waals surface area contributed by atoms with E-state index in [1.165, 1.54) is 18.0 Å². The third kappa shape index (κ3) is 3.97. The molecule has 0 aliphatic carbocycles. The molecule has 0 spiro atoms. The molecule has 1 aliphatic rings. The zero-order valence-corrected chi connectivity index (χ0v) is 12.8. The van der Waals surface area contributed by atoms with Gasteiger partial charge in [-0.05, 0) is 6.42 Å². The second-order valence-corrected chi connectivity index (χ2v) is 10.5. The number of benzene rings is 1. The molecule has 0 aromatic heterocycles. The quantitative estimate of drug-likeness (QED) is 0.780. The molecular formula is C15H23N3Si. The minimum atomic E-state index is -1.16. The van der Waals surface area contributed by atoms with Gasteiger partial charge in [0.25, 0.3) is 0 Å². The van der Waals surface area contributed by atoms with Crippen LogP contribution in [0.4, 0.5) is 0 Å². The Morgan fingerprint density at radius 3 is 2.68 bits per heavy atom. The van der Waals surface area contributed by atoms with Crippen LogP contribution in [0.15, 0.2) is 48.8 Å². The van der Waals surface area contributed by atoms with Crippen molar-refractivity contribution in [1.29, 1.82) is 0 Å². The molecule has 4 heteroatoms. The van der Waals surface area contributed by atoms with E-state index >= 15 is 0 Å². The molecule has 3 nitrogen and oxygen atoms in total. The topological polar surface area (TPSA) is 27.3 Å². The summed E-state index contributed by atoms with van der Waals surface area (Å²) in [5.41, 5.74) is 10.9. The van der Waals surface area contributed by atoms with Gasteiger partial charge in [-0.3, -0.25) is 5.01 Å². The third-order valence-electron chi connectivity index (χ3n) is 3.48. The zero-order chi connectivity index (χ0) is 13.7. The SMILES string of the molecule is C=C[Si](C)(C)CCCN1C=C(c2ccccc2)NN1. The van der Waals surface area contributed by atoms with Gasteiger partial charge in [0, 0.05) is 18.3 Å². The fourth-order valence-electron chi connectivity index (χ4n) is 2.04. The lowest BCUT2D eigenvalue weighted by Crippen LogP contribution is -2.37.